The molecule has 0 spiro atoms. The molecule has 1 aromatic carbocycles. The number of tetrazole rings is 1. The van der Waals surface area contributed by atoms with E-state index in [0.717, 1.165) is 24.2 Å². The molecule has 1 aliphatic carbocycles. The summed E-state index contributed by atoms with van der Waals surface area (Å²) in [6.45, 7) is 0.454. The van der Waals surface area contributed by atoms with E-state index in [2.05, 4.69) is 21.6 Å². The van der Waals surface area contributed by atoms with E-state index in [-0.39, 0.29) is 5.78 Å². The smallest absolute Gasteiger partial charge is 0.210 e. The zero-order valence-corrected chi connectivity index (χ0v) is 13.8. The van der Waals surface area contributed by atoms with Crippen molar-refractivity contribution in [3.8, 4) is 0 Å². The lowest BCUT2D eigenvalue weighted by molar-refractivity contribution is 0.102. The minimum absolute atomic E-state index is 0.0993. The number of aromatic nitrogens is 4. The molecule has 0 amide bonds. The largest absolute Gasteiger partial charge is 0.467 e. The van der Waals surface area contributed by atoms with Crippen molar-refractivity contribution in [1.82, 2.24) is 20.2 Å². The second kappa shape index (κ2) is 6.60. The second-order valence-corrected chi connectivity index (χ2v) is 6.69. The highest BCUT2D eigenvalue weighted by Gasteiger charge is 2.16. The molecule has 0 radical (unpaired) electrons. The molecule has 0 fully saturated rings. The van der Waals surface area contributed by atoms with Crippen LogP contribution in [0.15, 0.2) is 46.2 Å². The number of nitrogens with zero attached hydrogens (tertiary/aromatic N) is 4. The van der Waals surface area contributed by atoms with Crippen LogP contribution in [0.1, 0.15) is 33.7 Å². The van der Waals surface area contributed by atoms with Crippen LogP contribution in [0.5, 0.6) is 0 Å². The molecule has 0 saturated carbocycles. The van der Waals surface area contributed by atoms with Crippen molar-refractivity contribution in [2.45, 2.75) is 31.0 Å². The predicted octanol–water partition coefficient (Wildman–Crippen LogP) is 2.78. The number of ketones is 1. The minimum Gasteiger partial charge on any atom is -0.467 e. The second-order valence-electron chi connectivity index (χ2n) is 5.75. The summed E-state index contributed by atoms with van der Waals surface area (Å²) in [5.74, 6) is 1.19. The maximum atomic E-state index is 12.5. The molecule has 2 aromatic heterocycles. The number of thioether (sulfide) groups is 1. The minimum atomic E-state index is 0.0993. The van der Waals surface area contributed by atoms with Crippen LogP contribution in [0.25, 0.3) is 0 Å². The van der Waals surface area contributed by atoms with Gasteiger partial charge in [0.25, 0.3) is 0 Å². The standard InChI is InChI=1S/C17H16N4O2S/c22-16(14-7-6-12-3-1-4-13(12)9-14)11-24-17-18-19-20-21(17)10-15-5-2-8-23-15/h2,5-9H,1,3-4,10-11H2. The number of Topliss-reactive ketones (excluding diaryl/α,β-unsaturated/α-hetero) is 1. The number of benzene rings is 1. The molecule has 0 aliphatic heterocycles. The first kappa shape index (κ1) is 15.1. The average molecular weight is 340 g/mol. The van der Waals surface area contributed by atoms with Crippen LogP contribution in [0.3, 0.4) is 0 Å². The first-order chi connectivity index (χ1) is 11.8. The van der Waals surface area contributed by atoms with Gasteiger partial charge in [-0.05, 0) is 59.0 Å². The van der Waals surface area contributed by atoms with Gasteiger partial charge in [-0.3, -0.25) is 4.79 Å². The predicted molar refractivity (Wildman–Crippen MR) is 89.1 cm³/mol. The van der Waals surface area contributed by atoms with Crippen molar-refractivity contribution >= 4 is 17.5 Å². The van der Waals surface area contributed by atoms with Gasteiger partial charge in [-0.2, -0.15) is 0 Å². The van der Waals surface area contributed by atoms with Crippen molar-refractivity contribution in [1.29, 1.82) is 0 Å². The van der Waals surface area contributed by atoms with Gasteiger partial charge in [0.15, 0.2) is 5.78 Å². The van der Waals surface area contributed by atoms with Gasteiger partial charge < -0.3 is 4.42 Å². The van der Waals surface area contributed by atoms with Crippen molar-refractivity contribution in [3.05, 3.63) is 59.0 Å². The molecule has 24 heavy (non-hydrogen) atoms. The molecule has 122 valence electrons. The van der Waals surface area contributed by atoms with E-state index in [0.29, 0.717) is 17.5 Å². The number of carbonyl (C=O) groups is 1. The van der Waals surface area contributed by atoms with Crippen molar-refractivity contribution in [2.24, 2.45) is 0 Å². The average Bonchev–Trinajstić information content (AvgIpc) is 3.34. The van der Waals surface area contributed by atoms with Crippen LogP contribution in [0, 0.1) is 0 Å². The molecule has 0 unspecified atom stereocenters. The number of hydrogen-bond acceptors (Lipinski definition) is 6. The summed E-state index contributed by atoms with van der Waals surface area (Å²) in [4.78, 5) is 12.5. The zero-order chi connectivity index (χ0) is 16.4. The highest BCUT2D eigenvalue weighted by atomic mass is 32.2. The normalized spacial score (nSPS) is 13.2. The molecule has 4 rings (SSSR count). The lowest BCUT2D eigenvalue weighted by atomic mass is 10.0. The van der Waals surface area contributed by atoms with E-state index in [1.165, 1.54) is 29.3 Å². The fourth-order valence-corrected chi connectivity index (χ4v) is 3.68. The van der Waals surface area contributed by atoms with Gasteiger partial charge in [-0.25, -0.2) is 4.68 Å². The van der Waals surface area contributed by atoms with Gasteiger partial charge >= 0.3 is 0 Å². The maximum absolute atomic E-state index is 12.5. The fourth-order valence-electron chi connectivity index (χ4n) is 2.91. The van der Waals surface area contributed by atoms with Crippen molar-refractivity contribution in [2.75, 3.05) is 5.75 Å². The summed E-state index contributed by atoms with van der Waals surface area (Å²) in [6, 6.07) is 9.74. The number of aryl methyl sites for hydroxylation is 2. The van der Waals surface area contributed by atoms with Crippen LogP contribution < -0.4 is 0 Å². The fraction of sp³-hybridized carbons (Fsp3) is 0.294. The van der Waals surface area contributed by atoms with Crippen molar-refractivity contribution in [3.63, 3.8) is 0 Å². The Morgan fingerprint density at radius 2 is 2.17 bits per heavy atom. The Kier molecular flexibility index (Phi) is 4.17. The molecule has 7 heteroatoms. The van der Waals surface area contributed by atoms with E-state index in [9.17, 15) is 4.79 Å². The summed E-state index contributed by atoms with van der Waals surface area (Å²) in [6.07, 6.45) is 5.00. The SMILES string of the molecule is O=C(CSc1nnnn1Cc1ccco1)c1ccc2c(c1)CCC2. The first-order valence-corrected chi connectivity index (χ1v) is 8.84. The number of carbonyl (C=O) groups excluding carboxylic acids is 1. The lowest BCUT2D eigenvalue weighted by Crippen LogP contribution is -2.07. The van der Waals surface area contributed by atoms with E-state index in [4.69, 9.17) is 4.42 Å². The summed E-state index contributed by atoms with van der Waals surface area (Å²) >= 11 is 1.35. The number of furan rings is 1. The quantitative estimate of drug-likeness (QED) is 0.507. The van der Waals surface area contributed by atoms with Crippen LogP contribution in [-0.4, -0.2) is 31.7 Å². The van der Waals surface area contributed by atoms with Gasteiger partial charge in [0.05, 0.1) is 12.0 Å². The first-order valence-electron chi connectivity index (χ1n) is 7.86. The molecule has 0 N–H and O–H groups in total. The third-order valence-corrected chi connectivity index (χ3v) is 5.09. The molecule has 0 atom stereocenters. The van der Waals surface area contributed by atoms with Crippen LogP contribution in [0.4, 0.5) is 0 Å². The summed E-state index contributed by atoms with van der Waals surface area (Å²) < 4.78 is 6.95. The number of fused-ring (bicyclic) bond motifs is 1. The third kappa shape index (κ3) is 3.12. The van der Waals surface area contributed by atoms with E-state index < -0.39 is 0 Å². The third-order valence-electron chi connectivity index (χ3n) is 4.14. The number of hydrogen-bond donors (Lipinski definition) is 0. The molecule has 0 bridgehead atoms. The molecular formula is C17H16N4O2S. The van der Waals surface area contributed by atoms with Gasteiger partial charge in [0.1, 0.15) is 12.3 Å². The van der Waals surface area contributed by atoms with Crippen LogP contribution >= 0.6 is 11.8 Å². The van der Waals surface area contributed by atoms with Gasteiger partial charge in [-0.1, -0.05) is 23.9 Å². The molecule has 6 nitrogen and oxygen atoms in total. The highest BCUT2D eigenvalue weighted by Crippen LogP contribution is 2.24. The summed E-state index contributed by atoms with van der Waals surface area (Å²) in [5.41, 5.74) is 3.46. The van der Waals surface area contributed by atoms with Crippen LogP contribution in [0.2, 0.25) is 0 Å². The van der Waals surface area contributed by atoms with E-state index in [1.807, 2.05) is 24.3 Å². The summed E-state index contributed by atoms with van der Waals surface area (Å²) in [5, 5.41) is 12.2. The molecular weight excluding hydrogens is 324 g/mol. The Bertz CT molecular complexity index is 857. The van der Waals surface area contributed by atoms with Gasteiger partial charge in [0, 0.05) is 5.56 Å². The molecule has 2 heterocycles. The summed E-state index contributed by atoms with van der Waals surface area (Å²) in [7, 11) is 0. The Morgan fingerprint density at radius 1 is 1.25 bits per heavy atom. The Labute approximate surface area is 143 Å². The molecule has 0 saturated heterocycles. The highest BCUT2D eigenvalue weighted by molar-refractivity contribution is 7.99. The number of rotatable bonds is 6. The van der Waals surface area contributed by atoms with Crippen LogP contribution in [-0.2, 0) is 19.4 Å². The lowest BCUT2D eigenvalue weighted by Gasteiger charge is -2.05. The molecule has 3 aromatic rings. The topological polar surface area (TPSA) is 73.8 Å². The zero-order valence-electron chi connectivity index (χ0n) is 13.0. The van der Waals surface area contributed by atoms with Gasteiger partial charge in [0.2, 0.25) is 5.16 Å². The van der Waals surface area contributed by atoms with E-state index in [1.54, 1.807) is 10.9 Å². The maximum Gasteiger partial charge on any atom is 0.210 e. The van der Waals surface area contributed by atoms with E-state index >= 15 is 0 Å². The Morgan fingerprint density at radius 3 is 3.04 bits per heavy atom. The monoisotopic (exact) mass is 340 g/mol. The Hall–Kier alpha value is -2.41. The van der Waals surface area contributed by atoms with Crippen molar-refractivity contribution < 1.29 is 9.21 Å². The Balaban J connectivity index is 1.42. The van der Waals surface area contributed by atoms with Gasteiger partial charge in [-0.15, -0.1) is 5.10 Å². The molecule has 1 aliphatic rings.